The van der Waals surface area contributed by atoms with Crippen molar-refractivity contribution in [2.24, 2.45) is 5.92 Å². The number of hydrogen-bond acceptors (Lipinski definition) is 7. The second-order valence-corrected chi connectivity index (χ2v) is 9.21. The zero-order chi connectivity index (χ0) is 25.7. The van der Waals surface area contributed by atoms with E-state index < -0.39 is 41.9 Å². The highest BCUT2D eigenvalue weighted by Crippen LogP contribution is 2.09. The summed E-state index contributed by atoms with van der Waals surface area (Å²) in [5.74, 6) is -0.946. The standard InChI is InChI=1S/C24H37N3O7/c1-16(2)14-18(21(29)32-6)25-22(30)26-19(27-23(31)34-24(3,4)5)12-13-20(28)33-15-17-10-8-7-9-11-17/h7-11,16,18-19H,12-15H2,1-6H3,(H,27,31)(H2,25,26,30)/t18-,19-/m0/s1. The molecule has 190 valence electrons. The Morgan fingerprint density at radius 1 is 0.971 bits per heavy atom. The Bertz CT molecular complexity index is 807. The Morgan fingerprint density at radius 3 is 2.18 bits per heavy atom. The van der Waals surface area contributed by atoms with Crippen molar-refractivity contribution in [1.29, 1.82) is 0 Å². The molecular formula is C24H37N3O7. The van der Waals surface area contributed by atoms with Gasteiger partial charge in [-0.25, -0.2) is 14.4 Å². The van der Waals surface area contributed by atoms with E-state index >= 15 is 0 Å². The molecule has 0 spiro atoms. The lowest BCUT2D eigenvalue weighted by molar-refractivity contribution is -0.145. The van der Waals surface area contributed by atoms with Gasteiger partial charge in [-0.3, -0.25) is 4.79 Å². The van der Waals surface area contributed by atoms with Gasteiger partial charge in [-0.05, 0) is 45.1 Å². The molecule has 1 aromatic carbocycles. The monoisotopic (exact) mass is 479 g/mol. The summed E-state index contributed by atoms with van der Waals surface area (Å²) in [4.78, 5) is 49.0. The third-order valence-corrected chi connectivity index (χ3v) is 4.37. The summed E-state index contributed by atoms with van der Waals surface area (Å²) >= 11 is 0. The van der Waals surface area contributed by atoms with E-state index in [0.29, 0.717) is 6.42 Å². The lowest BCUT2D eigenvalue weighted by Crippen LogP contribution is -2.55. The molecule has 0 aromatic heterocycles. The number of benzene rings is 1. The van der Waals surface area contributed by atoms with Crippen molar-refractivity contribution in [2.75, 3.05) is 7.11 Å². The lowest BCUT2D eigenvalue weighted by atomic mass is 10.0. The van der Waals surface area contributed by atoms with Crippen LogP contribution in [-0.4, -0.2) is 49.0 Å². The number of alkyl carbamates (subject to hydrolysis) is 1. The van der Waals surface area contributed by atoms with Crippen molar-refractivity contribution < 1.29 is 33.4 Å². The summed E-state index contributed by atoms with van der Waals surface area (Å²) in [5, 5.41) is 7.65. The molecule has 0 unspecified atom stereocenters. The summed E-state index contributed by atoms with van der Waals surface area (Å²) in [6.45, 7) is 9.04. The van der Waals surface area contributed by atoms with E-state index in [1.807, 2.05) is 44.2 Å². The van der Waals surface area contributed by atoms with Gasteiger partial charge in [0.05, 0.1) is 7.11 Å². The van der Waals surface area contributed by atoms with Crippen LogP contribution in [0.5, 0.6) is 0 Å². The molecule has 1 aromatic rings. The Hall–Kier alpha value is -3.30. The zero-order valence-corrected chi connectivity index (χ0v) is 20.8. The van der Waals surface area contributed by atoms with Gasteiger partial charge in [0.25, 0.3) is 0 Å². The van der Waals surface area contributed by atoms with Crippen molar-refractivity contribution in [3.8, 4) is 0 Å². The minimum Gasteiger partial charge on any atom is -0.467 e. The first-order valence-corrected chi connectivity index (χ1v) is 11.2. The van der Waals surface area contributed by atoms with Gasteiger partial charge in [-0.15, -0.1) is 0 Å². The number of esters is 2. The Kier molecular flexibility index (Phi) is 11.9. The molecule has 0 aliphatic rings. The largest absolute Gasteiger partial charge is 0.467 e. The average Bonchev–Trinajstić information content (AvgIpc) is 2.74. The Morgan fingerprint density at radius 2 is 1.62 bits per heavy atom. The molecule has 10 heteroatoms. The average molecular weight is 480 g/mol. The van der Waals surface area contributed by atoms with Crippen LogP contribution in [0.1, 0.15) is 59.4 Å². The molecule has 0 heterocycles. The maximum Gasteiger partial charge on any atom is 0.409 e. The maximum absolute atomic E-state index is 12.5. The highest BCUT2D eigenvalue weighted by atomic mass is 16.6. The van der Waals surface area contributed by atoms with E-state index in [2.05, 4.69) is 16.0 Å². The summed E-state index contributed by atoms with van der Waals surface area (Å²) in [7, 11) is 1.24. The molecule has 3 N–H and O–H groups in total. The second-order valence-electron chi connectivity index (χ2n) is 9.21. The number of carbonyl (C=O) groups excluding carboxylic acids is 4. The van der Waals surface area contributed by atoms with Gasteiger partial charge in [0, 0.05) is 6.42 Å². The highest BCUT2D eigenvalue weighted by molar-refractivity contribution is 5.84. The van der Waals surface area contributed by atoms with Gasteiger partial charge in [0.15, 0.2) is 0 Å². The van der Waals surface area contributed by atoms with E-state index in [1.54, 1.807) is 20.8 Å². The van der Waals surface area contributed by atoms with Crippen molar-refractivity contribution in [3.05, 3.63) is 35.9 Å². The molecule has 0 radical (unpaired) electrons. The van der Waals surface area contributed by atoms with Gasteiger partial charge in [0.2, 0.25) is 0 Å². The molecule has 0 saturated carbocycles. The number of nitrogens with one attached hydrogen (secondary N) is 3. The SMILES string of the molecule is COC(=O)[C@H](CC(C)C)NC(=O)N[C@H](CCC(=O)OCc1ccccc1)NC(=O)OC(C)(C)C. The number of ether oxygens (including phenoxy) is 3. The van der Waals surface area contributed by atoms with Crippen LogP contribution in [0.3, 0.4) is 0 Å². The minimum atomic E-state index is -0.948. The molecule has 0 aliphatic carbocycles. The van der Waals surface area contributed by atoms with Gasteiger partial charge in [-0.2, -0.15) is 0 Å². The van der Waals surface area contributed by atoms with Gasteiger partial charge < -0.3 is 30.2 Å². The number of urea groups is 1. The summed E-state index contributed by atoms with van der Waals surface area (Å²) in [6, 6.07) is 7.65. The zero-order valence-electron chi connectivity index (χ0n) is 20.8. The minimum absolute atomic E-state index is 0.0490. The molecule has 0 saturated heterocycles. The summed E-state index contributed by atoms with van der Waals surface area (Å²) in [5.41, 5.74) is 0.0921. The van der Waals surface area contributed by atoms with Crippen LogP contribution in [0.25, 0.3) is 0 Å². The molecule has 0 aliphatic heterocycles. The number of rotatable bonds is 11. The van der Waals surface area contributed by atoms with Gasteiger partial charge >= 0.3 is 24.1 Å². The van der Waals surface area contributed by atoms with Crippen molar-refractivity contribution in [1.82, 2.24) is 16.0 Å². The van der Waals surface area contributed by atoms with E-state index in [9.17, 15) is 19.2 Å². The number of hydrogen-bond donors (Lipinski definition) is 3. The Balaban J connectivity index is 2.74. The first-order chi connectivity index (χ1) is 15.9. The molecule has 3 amide bonds. The van der Waals surface area contributed by atoms with Crippen molar-refractivity contribution >= 4 is 24.1 Å². The Labute approximate surface area is 201 Å². The van der Waals surface area contributed by atoms with E-state index in [1.165, 1.54) is 7.11 Å². The fraction of sp³-hybridized carbons (Fsp3) is 0.583. The lowest BCUT2D eigenvalue weighted by Gasteiger charge is -2.25. The predicted octanol–water partition coefficient (Wildman–Crippen LogP) is 3.25. The molecule has 0 fully saturated rings. The third kappa shape index (κ3) is 12.7. The fourth-order valence-corrected chi connectivity index (χ4v) is 2.89. The van der Waals surface area contributed by atoms with Gasteiger partial charge in [-0.1, -0.05) is 44.2 Å². The summed E-state index contributed by atoms with van der Waals surface area (Å²) < 4.78 is 15.2. The normalized spacial score (nSPS) is 12.8. The van der Waals surface area contributed by atoms with Crippen molar-refractivity contribution in [3.63, 3.8) is 0 Å². The first kappa shape index (κ1) is 28.7. The number of amides is 3. The van der Waals surface area contributed by atoms with Crippen LogP contribution in [0.4, 0.5) is 9.59 Å². The maximum atomic E-state index is 12.5. The van der Waals surface area contributed by atoms with Crippen LogP contribution in [0, 0.1) is 5.92 Å². The molecule has 2 atom stereocenters. The number of carbonyl (C=O) groups is 4. The van der Waals surface area contributed by atoms with E-state index in [4.69, 9.17) is 14.2 Å². The molecule has 0 bridgehead atoms. The quantitative estimate of drug-likeness (QED) is 0.252. The van der Waals surface area contributed by atoms with Crippen LogP contribution < -0.4 is 16.0 Å². The molecule has 1 rings (SSSR count). The topological polar surface area (TPSA) is 132 Å². The van der Waals surface area contributed by atoms with Crippen molar-refractivity contribution in [2.45, 2.75) is 78.3 Å². The van der Waals surface area contributed by atoms with Crippen LogP contribution in [-0.2, 0) is 30.4 Å². The molecule has 10 nitrogen and oxygen atoms in total. The molecule has 34 heavy (non-hydrogen) atoms. The number of methoxy groups -OCH3 is 1. The van der Waals surface area contributed by atoms with Crippen LogP contribution in [0.15, 0.2) is 30.3 Å². The van der Waals surface area contributed by atoms with E-state index in [0.717, 1.165) is 5.56 Å². The smallest absolute Gasteiger partial charge is 0.409 e. The van der Waals surface area contributed by atoms with Crippen LogP contribution in [0.2, 0.25) is 0 Å². The first-order valence-electron chi connectivity index (χ1n) is 11.2. The second kappa shape index (κ2) is 14.1. The fourth-order valence-electron chi connectivity index (χ4n) is 2.89. The predicted molar refractivity (Wildman–Crippen MR) is 126 cm³/mol. The summed E-state index contributed by atoms with van der Waals surface area (Å²) in [6.07, 6.45) is -1.36. The van der Waals surface area contributed by atoms with E-state index in [-0.39, 0.29) is 25.4 Å². The van der Waals surface area contributed by atoms with Crippen LogP contribution >= 0.6 is 0 Å². The molecular weight excluding hydrogens is 442 g/mol. The highest BCUT2D eigenvalue weighted by Gasteiger charge is 2.25. The van der Waals surface area contributed by atoms with Gasteiger partial charge in [0.1, 0.15) is 24.4 Å². The third-order valence-electron chi connectivity index (χ3n) is 4.37.